The van der Waals surface area contributed by atoms with E-state index in [9.17, 15) is 4.79 Å². The number of hydrogen-bond donors (Lipinski definition) is 2. The molecule has 1 aromatic heterocycles. The zero-order chi connectivity index (χ0) is 12.3. The van der Waals surface area contributed by atoms with Gasteiger partial charge in [-0.1, -0.05) is 0 Å². The maximum Gasteiger partial charge on any atom is 0.220 e. The van der Waals surface area contributed by atoms with E-state index in [1.165, 1.54) is 5.56 Å². The van der Waals surface area contributed by atoms with Crippen LogP contribution in [-0.2, 0) is 18.4 Å². The minimum atomic E-state index is -0.143. The Hall–Kier alpha value is -1.36. The number of amides is 1. The molecule has 1 heterocycles. The van der Waals surface area contributed by atoms with Crippen molar-refractivity contribution in [1.29, 1.82) is 0 Å². The molecule has 5 heteroatoms. The quantitative estimate of drug-likeness (QED) is 0.802. The van der Waals surface area contributed by atoms with Gasteiger partial charge in [-0.25, -0.2) is 0 Å². The van der Waals surface area contributed by atoms with Crippen LogP contribution in [0.15, 0.2) is 12.4 Å². The van der Waals surface area contributed by atoms with Gasteiger partial charge >= 0.3 is 0 Å². The van der Waals surface area contributed by atoms with Crippen LogP contribution in [0.25, 0.3) is 0 Å². The summed E-state index contributed by atoms with van der Waals surface area (Å²) in [6, 6.07) is 0.505. The van der Waals surface area contributed by atoms with Gasteiger partial charge in [0.1, 0.15) is 0 Å². The molecule has 3 N–H and O–H groups in total. The third kappa shape index (κ3) is 3.30. The molecule has 1 saturated carbocycles. The van der Waals surface area contributed by atoms with Gasteiger partial charge in [-0.3, -0.25) is 9.48 Å². The molecule has 0 saturated heterocycles. The Morgan fingerprint density at radius 2 is 2.24 bits per heavy atom. The minimum absolute atomic E-state index is 0.0893. The van der Waals surface area contributed by atoms with Crippen molar-refractivity contribution in [2.24, 2.45) is 18.7 Å². The lowest BCUT2D eigenvalue weighted by molar-refractivity contribution is -0.122. The standard InChI is InChI=1S/C12H20N4O/c1-16-8-9(7-15-16)6-14-11-4-2-10(3-5-11)12(13)17/h7-8,10-11,14H,2-6H2,1H3,(H2,13,17). The first-order valence-electron chi connectivity index (χ1n) is 6.15. The highest BCUT2D eigenvalue weighted by Crippen LogP contribution is 2.24. The summed E-state index contributed by atoms with van der Waals surface area (Å²) < 4.78 is 1.81. The summed E-state index contributed by atoms with van der Waals surface area (Å²) in [5.41, 5.74) is 6.51. The van der Waals surface area contributed by atoms with Gasteiger partial charge in [-0.2, -0.15) is 5.10 Å². The van der Waals surface area contributed by atoms with Crippen LogP contribution in [0.5, 0.6) is 0 Å². The van der Waals surface area contributed by atoms with E-state index in [4.69, 9.17) is 5.73 Å². The summed E-state index contributed by atoms with van der Waals surface area (Å²) in [7, 11) is 1.92. The molecule has 1 aromatic rings. The fraction of sp³-hybridized carbons (Fsp3) is 0.667. The molecule has 0 atom stereocenters. The molecule has 1 aliphatic rings. The molecule has 1 aliphatic carbocycles. The van der Waals surface area contributed by atoms with Gasteiger partial charge in [0.15, 0.2) is 0 Å². The van der Waals surface area contributed by atoms with Crippen LogP contribution in [0.2, 0.25) is 0 Å². The molecule has 0 unspecified atom stereocenters. The number of carbonyl (C=O) groups is 1. The van der Waals surface area contributed by atoms with Gasteiger partial charge in [0, 0.05) is 37.3 Å². The Morgan fingerprint density at radius 3 is 2.76 bits per heavy atom. The minimum Gasteiger partial charge on any atom is -0.369 e. The third-order valence-electron chi connectivity index (χ3n) is 3.48. The second-order valence-electron chi connectivity index (χ2n) is 4.85. The molecule has 0 spiro atoms. The molecule has 0 bridgehead atoms. The predicted octanol–water partition coefficient (Wildman–Crippen LogP) is 0.554. The highest BCUT2D eigenvalue weighted by atomic mass is 16.1. The number of carbonyl (C=O) groups excluding carboxylic acids is 1. The van der Waals surface area contributed by atoms with Crippen LogP contribution < -0.4 is 11.1 Å². The first-order valence-corrected chi connectivity index (χ1v) is 6.15. The van der Waals surface area contributed by atoms with Crippen molar-refractivity contribution >= 4 is 5.91 Å². The number of primary amides is 1. The fourth-order valence-corrected chi connectivity index (χ4v) is 2.41. The van der Waals surface area contributed by atoms with Crippen LogP contribution >= 0.6 is 0 Å². The Bertz CT molecular complexity index is 380. The lowest BCUT2D eigenvalue weighted by atomic mass is 9.85. The number of nitrogens with two attached hydrogens (primary N) is 1. The van der Waals surface area contributed by atoms with Crippen LogP contribution in [0.4, 0.5) is 0 Å². The molecular formula is C12H20N4O. The predicted molar refractivity (Wildman–Crippen MR) is 65.0 cm³/mol. The topological polar surface area (TPSA) is 72.9 Å². The van der Waals surface area contributed by atoms with Crippen molar-refractivity contribution in [3.8, 4) is 0 Å². The van der Waals surface area contributed by atoms with E-state index in [2.05, 4.69) is 10.4 Å². The van der Waals surface area contributed by atoms with Crippen LogP contribution in [0.3, 0.4) is 0 Å². The molecule has 1 amide bonds. The number of rotatable bonds is 4. The second kappa shape index (κ2) is 5.31. The van der Waals surface area contributed by atoms with Crippen molar-refractivity contribution in [2.45, 2.75) is 38.3 Å². The van der Waals surface area contributed by atoms with E-state index in [1.54, 1.807) is 4.68 Å². The lowest BCUT2D eigenvalue weighted by Crippen LogP contribution is -2.36. The average molecular weight is 236 g/mol. The summed E-state index contributed by atoms with van der Waals surface area (Å²) in [5.74, 6) is -0.0536. The zero-order valence-corrected chi connectivity index (χ0v) is 10.2. The Morgan fingerprint density at radius 1 is 1.53 bits per heavy atom. The van der Waals surface area contributed by atoms with Crippen LogP contribution in [-0.4, -0.2) is 21.7 Å². The van der Waals surface area contributed by atoms with Crippen molar-refractivity contribution in [3.63, 3.8) is 0 Å². The highest BCUT2D eigenvalue weighted by molar-refractivity contribution is 5.76. The van der Waals surface area contributed by atoms with Gasteiger partial charge in [0.2, 0.25) is 5.91 Å². The Labute approximate surface area is 101 Å². The van der Waals surface area contributed by atoms with Crippen molar-refractivity contribution < 1.29 is 4.79 Å². The van der Waals surface area contributed by atoms with E-state index in [-0.39, 0.29) is 11.8 Å². The first-order chi connectivity index (χ1) is 8.15. The SMILES string of the molecule is Cn1cc(CNC2CCC(C(N)=O)CC2)cn1. The van der Waals surface area contributed by atoms with Gasteiger partial charge in [-0.05, 0) is 25.7 Å². The molecule has 17 heavy (non-hydrogen) atoms. The maximum absolute atomic E-state index is 11.0. The Balaban J connectivity index is 1.73. The van der Waals surface area contributed by atoms with E-state index in [0.717, 1.165) is 32.2 Å². The molecule has 94 valence electrons. The first kappa shape index (κ1) is 12.1. The molecule has 1 fully saturated rings. The van der Waals surface area contributed by atoms with Crippen LogP contribution in [0, 0.1) is 5.92 Å². The highest BCUT2D eigenvalue weighted by Gasteiger charge is 2.24. The molecule has 2 rings (SSSR count). The van der Waals surface area contributed by atoms with Gasteiger partial charge in [-0.15, -0.1) is 0 Å². The number of hydrogen-bond acceptors (Lipinski definition) is 3. The van der Waals surface area contributed by atoms with E-state index in [0.29, 0.717) is 6.04 Å². The molecular weight excluding hydrogens is 216 g/mol. The number of nitrogens with one attached hydrogen (secondary N) is 1. The van der Waals surface area contributed by atoms with Gasteiger partial charge in [0.05, 0.1) is 6.20 Å². The third-order valence-corrected chi connectivity index (χ3v) is 3.48. The van der Waals surface area contributed by atoms with Crippen molar-refractivity contribution in [1.82, 2.24) is 15.1 Å². The summed E-state index contributed by atoms with van der Waals surface area (Å²) in [4.78, 5) is 11.0. The van der Waals surface area contributed by atoms with Crippen molar-refractivity contribution in [2.75, 3.05) is 0 Å². The molecule has 5 nitrogen and oxygen atoms in total. The van der Waals surface area contributed by atoms with E-state index in [1.807, 2.05) is 19.4 Å². The van der Waals surface area contributed by atoms with E-state index >= 15 is 0 Å². The summed E-state index contributed by atoms with van der Waals surface area (Å²) >= 11 is 0. The fourth-order valence-electron chi connectivity index (χ4n) is 2.41. The van der Waals surface area contributed by atoms with Crippen LogP contribution in [0.1, 0.15) is 31.2 Å². The maximum atomic E-state index is 11.0. The van der Waals surface area contributed by atoms with Gasteiger partial charge < -0.3 is 11.1 Å². The summed E-state index contributed by atoms with van der Waals surface area (Å²) in [5, 5.41) is 7.64. The molecule has 0 aliphatic heterocycles. The number of aryl methyl sites for hydroxylation is 1. The normalized spacial score (nSPS) is 24.8. The monoisotopic (exact) mass is 236 g/mol. The largest absolute Gasteiger partial charge is 0.369 e. The van der Waals surface area contributed by atoms with E-state index < -0.39 is 0 Å². The molecule has 0 radical (unpaired) electrons. The summed E-state index contributed by atoms with van der Waals surface area (Å²) in [6.45, 7) is 0.847. The second-order valence-corrected chi connectivity index (χ2v) is 4.85. The average Bonchev–Trinajstić information content (AvgIpc) is 2.73. The zero-order valence-electron chi connectivity index (χ0n) is 10.2. The van der Waals surface area contributed by atoms with Gasteiger partial charge in [0.25, 0.3) is 0 Å². The Kier molecular flexibility index (Phi) is 3.78. The smallest absolute Gasteiger partial charge is 0.220 e. The summed E-state index contributed by atoms with van der Waals surface area (Å²) in [6.07, 6.45) is 7.80. The number of aromatic nitrogens is 2. The van der Waals surface area contributed by atoms with Crippen molar-refractivity contribution in [3.05, 3.63) is 18.0 Å². The number of nitrogens with zero attached hydrogens (tertiary/aromatic N) is 2. The lowest BCUT2D eigenvalue weighted by Gasteiger charge is -2.27. The molecule has 0 aromatic carbocycles.